The number of benzene rings is 1. The molecule has 2 aliphatic rings. The number of thiazole rings is 1. The third kappa shape index (κ3) is 4.92. The average Bonchev–Trinajstić information content (AvgIpc) is 3.58. The molecule has 1 aromatic carbocycles. The number of carbonyl (C=O) groups is 1. The Hall–Kier alpha value is -2.98. The third-order valence-corrected chi connectivity index (χ3v) is 9.87. The first-order valence-corrected chi connectivity index (χ1v) is 13.8. The first kappa shape index (κ1) is 22.8. The van der Waals surface area contributed by atoms with Crippen molar-refractivity contribution in [2.45, 2.75) is 60.6 Å². The number of sulfone groups is 1. The SMILES string of the molecule is O=C(O)NC1CCC(c2ncc(-c3ccc(Nc4ccccn4)cc3S(=O)(=O)C3CC3)s2)CC1. The number of rotatable bonds is 7. The normalized spacial score (nSPS) is 20.6. The number of carboxylic acid groups (broad SMARTS) is 1. The van der Waals surface area contributed by atoms with Crippen molar-refractivity contribution in [1.29, 1.82) is 0 Å². The van der Waals surface area contributed by atoms with E-state index in [0.717, 1.165) is 35.6 Å². The Morgan fingerprint density at radius 2 is 1.82 bits per heavy atom. The summed E-state index contributed by atoms with van der Waals surface area (Å²) in [6.07, 6.45) is 7.14. The zero-order chi connectivity index (χ0) is 23.7. The van der Waals surface area contributed by atoms with Gasteiger partial charge in [0.15, 0.2) is 9.84 Å². The van der Waals surface area contributed by atoms with Gasteiger partial charge in [0.1, 0.15) is 5.82 Å². The van der Waals surface area contributed by atoms with Gasteiger partial charge in [-0.25, -0.2) is 23.2 Å². The second kappa shape index (κ2) is 9.34. The van der Waals surface area contributed by atoms with Crippen LogP contribution in [0.2, 0.25) is 0 Å². The summed E-state index contributed by atoms with van der Waals surface area (Å²) in [5, 5.41) is 15.4. The Balaban J connectivity index is 1.41. The van der Waals surface area contributed by atoms with E-state index in [9.17, 15) is 13.2 Å². The number of hydrogen-bond acceptors (Lipinski definition) is 7. The molecular weight excluding hydrogens is 472 g/mol. The average molecular weight is 499 g/mol. The van der Waals surface area contributed by atoms with Crippen molar-refractivity contribution in [2.75, 3.05) is 5.32 Å². The second-order valence-electron chi connectivity index (χ2n) is 8.86. The van der Waals surface area contributed by atoms with Crippen LogP contribution < -0.4 is 10.6 Å². The Labute approximate surface area is 202 Å². The van der Waals surface area contributed by atoms with Gasteiger partial charge in [-0.1, -0.05) is 12.1 Å². The summed E-state index contributed by atoms with van der Waals surface area (Å²) in [5.74, 6) is 0.914. The van der Waals surface area contributed by atoms with Crippen LogP contribution in [0, 0.1) is 0 Å². The highest BCUT2D eigenvalue weighted by Gasteiger charge is 2.38. The van der Waals surface area contributed by atoms with E-state index < -0.39 is 15.9 Å². The summed E-state index contributed by atoms with van der Waals surface area (Å²) in [6, 6.07) is 11.0. The van der Waals surface area contributed by atoms with E-state index >= 15 is 0 Å². The Kier molecular flexibility index (Phi) is 6.26. The lowest BCUT2D eigenvalue weighted by molar-refractivity contribution is 0.185. The second-order valence-corrected chi connectivity index (χ2v) is 12.1. The maximum atomic E-state index is 13.3. The van der Waals surface area contributed by atoms with Gasteiger partial charge in [0.05, 0.1) is 20.0 Å². The first-order valence-electron chi connectivity index (χ1n) is 11.4. The van der Waals surface area contributed by atoms with Crippen molar-refractivity contribution in [3.63, 3.8) is 0 Å². The van der Waals surface area contributed by atoms with E-state index in [1.807, 2.05) is 30.3 Å². The van der Waals surface area contributed by atoms with Crippen LogP contribution in [0.1, 0.15) is 49.5 Å². The van der Waals surface area contributed by atoms with Crippen LogP contribution >= 0.6 is 11.3 Å². The molecule has 1 amide bonds. The molecule has 3 aromatic rings. The maximum Gasteiger partial charge on any atom is 0.404 e. The summed E-state index contributed by atoms with van der Waals surface area (Å²) in [4.78, 5) is 21.0. The van der Waals surface area contributed by atoms with Crippen LogP contribution in [0.25, 0.3) is 10.4 Å². The summed E-state index contributed by atoms with van der Waals surface area (Å²) < 4.78 is 26.6. The van der Waals surface area contributed by atoms with E-state index in [-0.39, 0.29) is 17.2 Å². The molecule has 0 bridgehead atoms. The minimum Gasteiger partial charge on any atom is -0.465 e. The molecule has 0 radical (unpaired) electrons. The van der Waals surface area contributed by atoms with E-state index in [1.54, 1.807) is 18.5 Å². The summed E-state index contributed by atoms with van der Waals surface area (Å²) >= 11 is 1.53. The molecule has 0 atom stereocenters. The van der Waals surface area contributed by atoms with Gasteiger partial charge in [-0.3, -0.25) is 0 Å². The van der Waals surface area contributed by atoms with Gasteiger partial charge in [-0.05, 0) is 62.8 Å². The zero-order valence-electron chi connectivity index (χ0n) is 18.5. The highest BCUT2D eigenvalue weighted by atomic mass is 32.2. The maximum absolute atomic E-state index is 13.3. The number of aromatic nitrogens is 2. The van der Waals surface area contributed by atoms with Crippen LogP contribution in [-0.2, 0) is 9.84 Å². The van der Waals surface area contributed by atoms with Gasteiger partial charge in [0.2, 0.25) is 0 Å². The molecule has 34 heavy (non-hydrogen) atoms. The van der Waals surface area contributed by atoms with Gasteiger partial charge < -0.3 is 15.7 Å². The fourth-order valence-corrected chi connectivity index (χ4v) is 7.52. The topological polar surface area (TPSA) is 121 Å². The lowest BCUT2D eigenvalue weighted by Gasteiger charge is -2.27. The standard InChI is InChI=1S/C24H26N4O4S2/c29-24(30)28-16-6-4-15(5-7-16)23-26-14-20(33-23)19-11-8-17(27-22-3-1-2-12-25-22)13-21(19)34(31,32)18-9-10-18/h1-3,8,11-16,18,28H,4-7,9-10H2,(H,25,27)(H,29,30). The fourth-order valence-electron chi connectivity index (χ4n) is 4.44. The summed E-state index contributed by atoms with van der Waals surface area (Å²) in [6.45, 7) is 0. The molecule has 0 spiro atoms. The summed E-state index contributed by atoms with van der Waals surface area (Å²) in [5.41, 5.74) is 1.36. The number of pyridine rings is 1. The smallest absolute Gasteiger partial charge is 0.404 e. The summed E-state index contributed by atoms with van der Waals surface area (Å²) in [7, 11) is -3.44. The molecule has 8 nitrogen and oxygen atoms in total. The van der Waals surface area contributed by atoms with E-state index in [1.165, 1.54) is 11.3 Å². The first-order chi connectivity index (χ1) is 16.4. The highest BCUT2D eigenvalue weighted by molar-refractivity contribution is 7.92. The Morgan fingerprint density at radius 3 is 2.50 bits per heavy atom. The van der Waals surface area contributed by atoms with E-state index in [4.69, 9.17) is 5.11 Å². The Bertz CT molecular complexity index is 1280. The van der Waals surface area contributed by atoms with Crippen LogP contribution in [0.5, 0.6) is 0 Å². The molecule has 2 heterocycles. The molecule has 0 unspecified atom stereocenters. The quantitative estimate of drug-likeness (QED) is 0.410. The van der Waals surface area contributed by atoms with Crippen molar-refractivity contribution in [3.8, 4) is 10.4 Å². The molecule has 2 saturated carbocycles. The van der Waals surface area contributed by atoms with Crippen LogP contribution in [0.15, 0.2) is 53.7 Å². The molecular formula is C24H26N4O4S2. The van der Waals surface area contributed by atoms with Crippen LogP contribution in [-0.4, -0.2) is 40.9 Å². The van der Waals surface area contributed by atoms with Crippen LogP contribution in [0.4, 0.5) is 16.3 Å². The molecule has 2 aliphatic carbocycles. The Morgan fingerprint density at radius 1 is 1.03 bits per heavy atom. The van der Waals surface area contributed by atoms with Gasteiger partial charge >= 0.3 is 6.09 Å². The van der Waals surface area contributed by atoms with Gasteiger partial charge in [0.25, 0.3) is 0 Å². The van der Waals surface area contributed by atoms with Crippen LogP contribution in [0.3, 0.4) is 0 Å². The van der Waals surface area contributed by atoms with Gasteiger partial charge in [-0.15, -0.1) is 11.3 Å². The number of anilines is 2. The third-order valence-electron chi connectivity index (χ3n) is 6.38. The molecule has 2 fully saturated rings. The lowest BCUT2D eigenvalue weighted by Crippen LogP contribution is -2.36. The molecule has 10 heteroatoms. The monoisotopic (exact) mass is 498 g/mol. The van der Waals surface area contributed by atoms with Gasteiger partial charge in [0, 0.05) is 35.6 Å². The fraction of sp³-hybridized carbons (Fsp3) is 0.375. The predicted octanol–water partition coefficient (Wildman–Crippen LogP) is 5.18. The number of hydrogen-bond donors (Lipinski definition) is 3. The predicted molar refractivity (Wildman–Crippen MR) is 131 cm³/mol. The van der Waals surface area contributed by atoms with Crippen molar-refractivity contribution in [3.05, 3.63) is 53.8 Å². The molecule has 0 saturated heterocycles. The number of nitrogens with zero attached hydrogens (tertiary/aromatic N) is 2. The molecule has 3 N–H and O–H groups in total. The molecule has 5 rings (SSSR count). The van der Waals surface area contributed by atoms with E-state index in [2.05, 4.69) is 20.6 Å². The van der Waals surface area contributed by atoms with Gasteiger partial charge in [-0.2, -0.15) is 0 Å². The molecule has 178 valence electrons. The van der Waals surface area contributed by atoms with Crippen molar-refractivity contribution < 1.29 is 18.3 Å². The lowest BCUT2D eigenvalue weighted by atomic mass is 9.86. The number of nitrogens with one attached hydrogen (secondary N) is 2. The largest absolute Gasteiger partial charge is 0.465 e. The minimum atomic E-state index is -3.44. The van der Waals surface area contributed by atoms with E-state index in [0.29, 0.717) is 34.8 Å². The number of amides is 1. The molecule has 2 aromatic heterocycles. The zero-order valence-corrected chi connectivity index (χ0v) is 20.1. The highest BCUT2D eigenvalue weighted by Crippen LogP contribution is 2.43. The van der Waals surface area contributed by atoms with Crippen molar-refractivity contribution in [2.24, 2.45) is 0 Å². The molecule has 0 aliphatic heterocycles. The van der Waals surface area contributed by atoms with Crippen molar-refractivity contribution >= 4 is 38.8 Å². The van der Waals surface area contributed by atoms with Crippen molar-refractivity contribution in [1.82, 2.24) is 15.3 Å². The minimum absolute atomic E-state index is 0.0115.